The standard InChI is InChI=1S/C26H16O2.O.Os/c27-25-20-13-7-8-14-21(20)26(28)24-22(25)16-15-19(17-9-3-1-4-10-17)23(24)18-11-5-2-6-12-18;;/h1-16H;;. The molecule has 5 rings (SSSR count). The van der Waals surface area contributed by atoms with Gasteiger partial charge in [-0.3, -0.25) is 9.59 Å². The first kappa shape index (κ1) is 20.0. The summed E-state index contributed by atoms with van der Waals surface area (Å²) < 4.78 is 8.28. The fourth-order valence-corrected chi connectivity index (χ4v) is 3.95. The zero-order chi connectivity index (χ0) is 21.1. The van der Waals surface area contributed by atoms with Crippen molar-refractivity contribution in [2.24, 2.45) is 0 Å². The molecule has 4 aromatic rings. The van der Waals surface area contributed by atoms with Gasteiger partial charge in [-0.05, 0) is 22.8 Å². The van der Waals surface area contributed by atoms with Crippen molar-refractivity contribution in [3.05, 3.63) is 119 Å². The molecule has 0 fully saturated rings. The third-order valence-corrected chi connectivity index (χ3v) is 5.24. The van der Waals surface area contributed by atoms with Gasteiger partial charge < -0.3 is 0 Å². The molecule has 1 aliphatic rings. The van der Waals surface area contributed by atoms with E-state index in [1.165, 1.54) is 0 Å². The number of hydrogen-bond donors (Lipinski definition) is 0. The number of carbonyl (C=O) groups is 2. The molecule has 0 aromatic heterocycles. The van der Waals surface area contributed by atoms with Gasteiger partial charge in [0.15, 0.2) is 11.6 Å². The number of ketones is 2. The average Bonchev–Trinajstić information content (AvgIpc) is 2.84. The molecule has 0 aliphatic heterocycles. The van der Waals surface area contributed by atoms with Crippen LogP contribution in [0.1, 0.15) is 31.8 Å². The Balaban J connectivity index is 0.00000106. The summed E-state index contributed by atoms with van der Waals surface area (Å²) in [6.07, 6.45) is 0. The Morgan fingerprint density at radius 2 is 0.867 bits per heavy atom. The average molecular weight is 567 g/mol. The molecule has 0 amide bonds. The quantitative estimate of drug-likeness (QED) is 0.277. The van der Waals surface area contributed by atoms with Crippen LogP contribution in [0.3, 0.4) is 0 Å². The Bertz CT molecular complexity index is 1250. The third-order valence-electron chi connectivity index (χ3n) is 5.24. The summed E-state index contributed by atoms with van der Waals surface area (Å²) in [5, 5.41) is 0. The number of hydrogen-bond acceptors (Lipinski definition) is 3. The van der Waals surface area contributed by atoms with Crippen molar-refractivity contribution in [3.8, 4) is 22.3 Å². The molecule has 0 saturated carbocycles. The minimum absolute atomic E-state index is 0.0954. The van der Waals surface area contributed by atoms with Gasteiger partial charge >= 0.3 is 22.1 Å². The van der Waals surface area contributed by atoms with E-state index in [-0.39, 0.29) is 11.6 Å². The molecule has 0 spiro atoms. The predicted molar refractivity (Wildman–Crippen MR) is 111 cm³/mol. The van der Waals surface area contributed by atoms with Crippen LogP contribution in [0.25, 0.3) is 22.3 Å². The summed E-state index contributed by atoms with van der Waals surface area (Å²) >= 11 is 0.611. The zero-order valence-corrected chi connectivity index (χ0v) is 18.4. The summed E-state index contributed by atoms with van der Waals surface area (Å²) in [4.78, 5) is 26.6. The van der Waals surface area contributed by atoms with Gasteiger partial charge in [0, 0.05) is 27.8 Å². The zero-order valence-electron chi connectivity index (χ0n) is 15.8. The van der Waals surface area contributed by atoms with Gasteiger partial charge in [-0.1, -0.05) is 91.0 Å². The first-order valence-electron chi connectivity index (χ1n) is 9.36. The Morgan fingerprint density at radius 3 is 1.47 bits per heavy atom. The molecule has 1 aliphatic carbocycles. The van der Waals surface area contributed by atoms with Crippen molar-refractivity contribution < 1.29 is 31.7 Å². The van der Waals surface area contributed by atoms with E-state index in [2.05, 4.69) is 0 Å². The van der Waals surface area contributed by atoms with Crippen LogP contribution < -0.4 is 0 Å². The van der Waals surface area contributed by atoms with E-state index in [1.807, 2.05) is 66.7 Å². The summed E-state index contributed by atoms with van der Waals surface area (Å²) in [6, 6.07) is 30.6. The molecule has 3 nitrogen and oxygen atoms in total. The van der Waals surface area contributed by atoms with Crippen LogP contribution in [0.2, 0.25) is 0 Å². The van der Waals surface area contributed by atoms with Crippen LogP contribution in [-0.4, -0.2) is 11.6 Å². The van der Waals surface area contributed by atoms with Crippen molar-refractivity contribution in [2.45, 2.75) is 0 Å². The van der Waals surface area contributed by atoms with Gasteiger partial charge in [-0.2, -0.15) is 0 Å². The summed E-state index contributed by atoms with van der Waals surface area (Å²) in [5.74, 6) is -0.191. The number of benzene rings is 4. The molecular formula is C26H16O3Os. The molecule has 0 N–H and O–H groups in total. The van der Waals surface area contributed by atoms with E-state index in [4.69, 9.17) is 3.54 Å². The molecule has 30 heavy (non-hydrogen) atoms. The maximum atomic E-state index is 13.5. The van der Waals surface area contributed by atoms with Gasteiger partial charge in [-0.25, -0.2) is 0 Å². The number of fused-ring (bicyclic) bond motifs is 2. The van der Waals surface area contributed by atoms with Crippen LogP contribution >= 0.6 is 0 Å². The first-order chi connectivity index (χ1) is 14.8. The van der Waals surface area contributed by atoms with Crippen LogP contribution in [0, 0.1) is 0 Å². The molecule has 0 heterocycles. The second kappa shape index (κ2) is 8.57. The monoisotopic (exact) mass is 568 g/mol. The molecule has 0 bridgehead atoms. The Kier molecular flexibility index (Phi) is 5.70. The van der Waals surface area contributed by atoms with Crippen molar-refractivity contribution in [3.63, 3.8) is 0 Å². The van der Waals surface area contributed by atoms with Gasteiger partial charge in [0.2, 0.25) is 0 Å². The first-order valence-corrected chi connectivity index (χ1v) is 10.4. The van der Waals surface area contributed by atoms with Gasteiger partial charge in [-0.15, -0.1) is 0 Å². The van der Waals surface area contributed by atoms with E-state index in [0.29, 0.717) is 40.8 Å². The van der Waals surface area contributed by atoms with Crippen LogP contribution in [0.4, 0.5) is 0 Å². The van der Waals surface area contributed by atoms with Crippen molar-refractivity contribution in [2.75, 3.05) is 0 Å². The van der Waals surface area contributed by atoms with Gasteiger partial charge in [0.25, 0.3) is 0 Å². The molecule has 146 valence electrons. The molecular weight excluding hydrogens is 551 g/mol. The summed E-state index contributed by atoms with van der Waals surface area (Å²) in [7, 11) is 0. The number of rotatable bonds is 2. The predicted octanol–water partition coefficient (Wildman–Crippen LogP) is 5.67. The molecule has 4 heteroatoms. The van der Waals surface area contributed by atoms with Gasteiger partial charge in [0.1, 0.15) is 0 Å². The van der Waals surface area contributed by atoms with Crippen LogP contribution in [0.5, 0.6) is 0 Å². The second-order valence-electron chi connectivity index (χ2n) is 6.85. The topological polar surface area (TPSA) is 51.2 Å². The van der Waals surface area contributed by atoms with E-state index in [1.54, 1.807) is 30.3 Å². The van der Waals surface area contributed by atoms with Gasteiger partial charge in [0.05, 0.1) is 0 Å². The Morgan fingerprint density at radius 1 is 0.400 bits per heavy atom. The Hall–Kier alpha value is -3.34. The van der Waals surface area contributed by atoms with Crippen molar-refractivity contribution >= 4 is 11.6 Å². The van der Waals surface area contributed by atoms with Crippen molar-refractivity contribution in [1.82, 2.24) is 0 Å². The molecule has 4 aromatic carbocycles. The third kappa shape index (κ3) is 3.30. The minimum atomic E-state index is -0.0955. The van der Waals surface area contributed by atoms with Crippen LogP contribution in [0.15, 0.2) is 97.1 Å². The van der Waals surface area contributed by atoms with E-state index in [9.17, 15) is 9.59 Å². The fraction of sp³-hybridized carbons (Fsp3) is 0. The maximum absolute atomic E-state index is 13.5. The normalized spacial score (nSPS) is 11.8. The summed E-state index contributed by atoms with van der Waals surface area (Å²) in [5.41, 5.74) is 5.64. The SMILES string of the molecule is O=C1c2ccccc2C(=O)c2c1ccc(-c1ccccc1)c2-c1ccccc1.[O]=[Os]. The molecule has 0 radical (unpaired) electrons. The summed E-state index contributed by atoms with van der Waals surface area (Å²) in [6.45, 7) is 0. The molecule has 0 saturated heterocycles. The van der Waals surface area contributed by atoms with E-state index in [0.717, 1.165) is 22.3 Å². The molecule has 0 unspecified atom stereocenters. The fourth-order valence-electron chi connectivity index (χ4n) is 3.95. The number of carbonyl (C=O) groups excluding carboxylic acids is 2. The van der Waals surface area contributed by atoms with Crippen molar-refractivity contribution in [1.29, 1.82) is 0 Å². The molecule has 0 atom stereocenters. The Labute approximate surface area is 184 Å². The van der Waals surface area contributed by atoms with Crippen LogP contribution in [-0.2, 0) is 22.1 Å². The second-order valence-corrected chi connectivity index (χ2v) is 6.85. The van der Waals surface area contributed by atoms with E-state index < -0.39 is 0 Å². The van der Waals surface area contributed by atoms with E-state index >= 15 is 0 Å².